The van der Waals surface area contributed by atoms with Gasteiger partial charge in [0.15, 0.2) is 0 Å². The lowest BCUT2D eigenvalue weighted by molar-refractivity contribution is -0.147. The first-order valence-electron chi connectivity index (χ1n) is 13.1. The van der Waals surface area contributed by atoms with E-state index in [4.69, 9.17) is 9.26 Å². The number of phosphoric acid groups is 1. The minimum atomic E-state index is -4.39. The number of allylic oxidation sites excluding steroid dienone is 8. The maximum Gasteiger partial charge on any atom is 0.472 e. The highest BCUT2D eigenvalue weighted by atomic mass is 31.2. The molecule has 0 saturated carbocycles. The summed E-state index contributed by atoms with van der Waals surface area (Å²) >= 11 is 0. The van der Waals surface area contributed by atoms with Gasteiger partial charge in [-0.15, -0.1) is 0 Å². The van der Waals surface area contributed by atoms with Crippen molar-refractivity contribution >= 4 is 19.7 Å². The van der Waals surface area contributed by atoms with Crippen molar-refractivity contribution < 1.29 is 37.9 Å². The van der Waals surface area contributed by atoms with Crippen LogP contribution >= 0.6 is 7.82 Å². The van der Waals surface area contributed by atoms with E-state index in [1.807, 2.05) is 6.92 Å². The molecule has 1 amide bonds. The molecule has 0 aromatic rings. The molecule has 0 aliphatic heterocycles. The molecule has 3 N–H and O–H groups in total. The van der Waals surface area contributed by atoms with Gasteiger partial charge < -0.3 is 20.1 Å². The Hall–Kier alpha value is -2.03. The number of carbonyl (C=O) groups excluding carboxylic acids is 2. The lowest BCUT2D eigenvalue weighted by atomic mass is 10.1. The molecule has 0 fully saturated rings. The Morgan fingerprint density at radius 1 is 0.865 bits per heavy atom. The monoisotopic (exact) mass is 543 g/mol. The molecule has 212 valence electrons. The van der Waals surface area contributed by atoms with Crippen molar-refractivity contribution in [3.05, 3.63) is 48.6 Å². The third-order valence-corrected chi connectivity index (χ3v) is 5.73. The number of hydrogen-bond acceptors (Lipinski definition) is 7. The molecule has 0 aliphatic rings. The molecule has 9 nitrogen and oxygen atoms in total. The molecule has 2 atom stereocenters. The molecular formula is C27H46NO8P. The fourth-order valence-corrected chi connectivity index (χ4v) is 3.57. The highest BCUT2D eigenvalue weighted by Gasteiger charge is 2.23. The number of phosphoric ester groups is 1. The quantitative estimate of drug-likeness (QED) is 0.0684. The molecule has 2 unspecified atom stereocenters. The predicted molar refractivity (Wildman–Crippen MR) is 146 cm³/mol. The molecule has 0 bridgehead atoms. The van der Waals surface area contributed by atoms with E-state index < -0.39 is 26.5 Å². The van der Waals surface area contributed by atoms with E-state index in [1.54, 1.807) is 0 Å². The van der Waals surface area contributed by atoms with Crippen molar-refractivity contribution in [3.8, 4) is 0 Å². The Morgan fingerprint density at radius 3 is 2.11 bits per heavy atom. The fourth-order valence-electron chi connectivity index (χ4n) is 2.82. The van der Waals surface area contributed by atoms with Crippen LogP contribution in [0, 0.1) is 0 Å². The zero-order valence-corrected chi connectivity index (χ0v) is 23.3. The molecule has 0 saturated heterocycles. The van der Waals surface area contributed by atoms with Crippen molar-refractivity contribution in [2.75, 3.05) is 26.4 Å². The summed E-state index contributed by atoms with van der Waals surface area (Å²) in [6.07, 6.45) is 23.6. The molecule has 0 spiro atoms. The topological polar surface area (TPSA) is 131 Å². The first-order valence-corrected chi connectivity index (χ1v) is 14.6. The van der Waals surface area contributed by atoms with Crippen molar-refractivity contribution in [2.24, 2.45) is 0 Å². The summed E-state index contributed by atoms with van der Waals surface area (Å²) in [5, 5.41) is 12.3. The normalized spacial score (nSPS) is 14.6. The van der Waals surface area contributed by atoms with Gasteiger partial charge in [0, 0.05) is 19.4 Å². The summed E-state index contributed by atoms with van der Waals surface area (Å²) < 4.78 is 26.0. The van der Waals surface area contributed by atoms with Gasteiger partial charge in [-0.05, 0) is 51.4 Å². The molecular weight excluding hydrogens is 497 g/mol. The number of nitrogens with one attached hydrogen (secondary N) is 1. The molecule has 0 aromatic carbocycles. The second-order valence-corrected chi connectivity index (χ2v) is 9.73. The predicted octanol–water partition coefficient (Wildman–Crippen LogP) is 5.31. The van der Waals surface area contributed by atoms with Crippen LogP contribution in [0.15, 0.2) is 48.6 Å². The van der Waals surface area contributed by atoms with Crippen LogP contribution in [0.5, 0.6) is 0 Å². The summed E-state index contributed by atoms with van der Waals surface area (Å²) in [5.74, 6) is -0.623. The van der Waals surface area contributed by atoms with E-state index in [1.165, 1.54) is 0 Å². The maximum absolute atomic E-state index is 11.8. The first-order chi connectivity index (χ1) is 17.8. The summed E-state index contributed by atoms with van der Waals surface area (Å²) in [4.78, 5) is 32.7. The minimum absolute atomic E-state index is 0.0563. The van der Waals surface area contributed by atoms with Gasteiger partial charge in [-0.2, -0.15) is 0 Å². The van der Waals surface area contributed by atoms with Crippen molar-refractivity contribution in [1.29, 1.82) is 0 Å². The van der Waals surface area contributed by atoms with E-state index in [9.17, 15) is 24.2 Å². The lowest BCUT2D eigenvalue weighted by Gasteiger charge is -2.15. The average Bonchev–Trinajstić information content (AvgIpc) is 2.86. The van der Waals surface area contributed by atoms with Crippen LogP contribution < -0.4 is 5.32 Å². The van der Waals surface area contributed by atoms with Crippen LogP contribution in [0.4, 0.5) is 0 Å². The third kappa shape index (κ3) is 25.4. The number of esters is 1. The van der Waals surface area contributed by atoms with Gasteiger partial charge in [0.2, 0.25) is 5.91 Å². The SMILES string of the molecule is CC/C=C\C/C=C\C/C=C\C/C=C\CCCCC(=O)NCCOP(=O)(O)OCC(O)COC(=O)CCC. The number of amides is 1. The van der Waals surface area contributed by atoms with E-state index in [0.717, 1.165) is 44.9 Å². The van der Waals surface area contributed by atoms with Gasteiger partial charge in [0.1, 0.15) is 12.7 Å². The Morgan fingerprint density at radius 2 is 1.49 bits per heavy atom. The van der Waals surface area contributed by atoms with E-state index in [2.05, 4.69) is 65.4 Å². The summed E-state index contributed by atoms with van der Waals surface area (Å²) in [5.41, 5.74) is 0. The van der Waals surface area contributed by atoms with Crippen molar-refractivity contribution in [2.45, 2.75) is 84.2 Å². The van der Waals surface area contributed by atoms with Gasteiger partial charge in [-0.1, -0.05) is 62.5 Å². The largest absolute Gasteiger partial charge is 0.472 e. The molecule has 0 rings (SSSR count). The smallest absolute Gasteiger partial charge is 0.463 e. The van der Waals surface area contributed by atoms with Crippen LogP contribution in [0.2, 0.25) is 0 Å². The summed E-state index contributed by atoms with van der Waals surface area (Å²) in [6, 6.07) is 0. The number of unbranched alkanes of at least 4 members (excludes halogenated alkanes) is 2. The fraction of sp³-hybridized carbons (Fsp3) is 0.630. The van der Waals surface area contributed by atoms with E-state index in [0.29, 0.717) is 12.8 Å². The molecule has 0 aromatic heterocycles. The van der Waals surface area contributed by atoms with Crippen LogP contribution in [-0.4, -0.2) is 54.3 Å². The summed E-state index contributed by atoms with van der Waals surface area (Å²) in [6.45, 7) is 2.91. The number of rotatable bonds is 23. The minimum Gasteiger partial charge on any atom is -0.463 e. The number of aliphatic hydroxyl groups is 1. The van der Waals surface area contributed by atoms with Gasteiger partial charge in [0.05, 0.1) is 13.2 Å². The number of hydrogen-bond donors (Lipinski definition) is 3. The summed E-state index contributed by atoms with van der Waals surface area (Å²) in [7, 11) is -4.39. The Kier molecular flexibility index (Phi) is 23.0. The third-order valence-electron chi connectivity index (χ3n) is 4.74. The lowest BCUT2D eigenvalue weighted by Crippen LogP contribution is -2.27. The average molecular weight is 544 g/mol. The Labute approximate surface area is 222 Å². The molecule has 10 heteroatoms. The molecule has 0 radical (unpaired) electrons. The van der Waals surface area contributed by atoms with Gasteiger partial charge in [-0.3, -0.25) is 18.6 Å². The standard InChI is InChI=1S/C27H46NO8P/c1-3-5-6-7-8-9-10-11-12-13-14-15-16-17-18-20-26(30)28-21-22-35-37(32,33)36-24-25(29)23-34-27(31)19-4-2/h5-6,8-9,11-12,14-15,25,29H,3-4,7,10,13,16-24H2,1-2H3,(H,28,30)(H,32,33)/b6-5-,9-8-,12-11-,15-14-. The maximum atomic E-state index is 11.8. The van der Waals surface area contributed by atoms with Crippen LogP contribution in [0.3, 0.4) is 0 Å². The zero-order valence-electron chi connectivity index (χ0n) is 22.4. The van der Waals surface area contributed by atoms with E-state index >= 15 is 0 Å². The second kappa shape index (κ2) is 24.3. The Bertz CT molecular complexity index is 764. The number of carbonyl (C=O) groups is 2. The zero-order chi connectivity index (χ0) is 27.6. The molecule has 0 heterocycles. The van der Waals surface area contributed by atoms with Crippen LogP contribution in [0.1, 0.15) is 78.1 Å². The van der Waals surface area contributed by atoms with Gasteiger partial charge >= 0.3 is 13.8 Å². The van der Waals surface area contributed by atoms with Crippen LogP contribution in [0.25, 0.3) is 0 Å². The highest BCUT2D eigenvalue weighted by Crippen LogP contribution is 2.42. The molecule has 37 heavy (non-hydrogen) atoms. The van der Waals surface area contributed by atoms with Gasteiger partial charge in [-0.25, -0.2) is 4.57 Å². The Balaban J connectivity index is 3.72. The van der Waals surface area contributed by atoms with E-state index in [-0.39, 0.29) is 32.1 Å². The van der Waals surface area contributed by atoms with Crippen LogP contribution in [-0.2, 0) is 27.9 Å². The number of ether oxygens (including phenoxy) is 1. The number of aliphatic hydroxyl groups excluding tert-OH is 1. The highest BCUT2D eigenvalue weighted by molar-refractivity contribution is 7.47. The van der Waals surface area contributed by atoms with Crippen molar-refractivity contribution in [3.63, 3.8) is 0 Å². The molecule has 0 aliphatic carbocycles. The second-order valence-electron chi connectivity index (χ2n) is 8.28. The van der Waals surface area contributed by atoms with Crippen molar-refractivity contribution in [1.82, 2.24) is 5.32 Å². The first kappa shape index (κ1) is 35.0. The van der Waals surface area contributed by atoms with Gasteiger partial charge in [0.25, 0.3) is 0 Å².